The molecule has 0 spiro atoms. The first kappa shape index (κ1) is 15.3. The highest BCUT2D eigenvalue weighted by Gasteiger charge is 2.08. The largest absolute Gasteiger partial charge is 0.489 e. The van der Waals surface area contributed by atoms with Gasteiger partial charge in [-0.1, -0.05) is 29.8 Å². The number of aromatic nitrogens is 3. The minimum absolute atomic E-state index is 0.0739. The van der Waals surface area contributed by atoms with Crippen molar-refractivity contribution in [1.82, 2.24) is 15.2 Å². The third-order valence-corrected chi connectivity index (χ3v) is 3.57. The van der Waals surface area contributed by atoms with Crippen LogP contribution in [0.25, 0.3) is 0 Å². The van der Waals surface area contributed by atoms with Crippen LogP contribution in [0.5, 0.6) is 5.75 Å². The van der Waals surface area contributed by atoms with Crippen molar-refractivity contribution in [3.63, 3.8) is 0 Å². The van der Waals surface area contributed by atoms with E-state index in [9.17, 15) is 4.39 Å². The summed E-state index contributed by atoms with van der Waals surface area (Å²) in [6, 6.07) is 12.1. The molecule has 3 rings (SSSR count). The molecule has 0 radical (unpaired) electrons. The zero-order chi connectivity index (χ0) is 16.1. The fourth-order valence-corrected chi connectivity index (χ4v) is 2.26. The van der Waals surface area contributed by atoms with E-state index < -0.39 is 0 Å². The molecule has 1 aromatic heterocycles. The van der Waals surface area contributed by atoms with Crippen LogP contribution in [0.2, 0.25) is 5.02 Å². The second kappa shape index (κ2) is 7.11. The van der Waals surface area contributed by atoms with Gasteiger partial charge in [0, 0.05) is 12.1 Å². The predicted molar refractivity (Wildman–Crippen MR) is 85.9 cm³/mol. The van der Waals surface area contributed by atoms with Gasteiger partial charge in [0.05, 0.1) is 5.02 Å². The summed E-state index contributed by atoms with van der Waals surface area (Å²) in [5.41, 5.74) is 1.35. The Morgan fingerprint density at radius 3 is 2.87 bits per heavy atom. The maximum atomic E-state index is 13.7. The van der Waals surface area contributed by atoms with Gasteiger partial charge in [0.15, 0.2) is 0 Å². The molecule has 0 amide bonds. The van der Waals surface area contributed by atoms with Crippen molar-refractivity contribution in [1.29, 1.82) is 0 Å². The predicted octanol–water partition coefficient (Wildman–Crippen LogP) is 3.79. The molecule has 0 unspecified atom stereocenters. The Hall–Kier alpha value is -2.60. The summed E-state index contributed by atoms with van der Waals surface area (Å²) in [5, 5.41) is 9.93. The quantitative estimate of drug-likeness (QED) is 0.721. The zero-order valence-corrected chi connectivity index (χ0v) is 12.8. The normalized spacial score (nSPS) is 10.5. The number of hydrogen-bond acceptors (Lipinski definition) is 4. The van der Waals surface area contributed by atoms with Crippen LogP contribution in [0.3, 0.4) is 0 Å². The SMILES string of the molecule is Fc1cccc(Cl)c1COc1cccc(CNc2ncn[nH]2)c1. The van der Waals surface area contributed by atoms with Crippen LogP contribution in [-0.2, 0) is 13.2 Å². The first-order valence-electron chi connectivity index (χ1n) is 6.96. The van der Waals surface area contributed by atoms with Gasteiger partial charge in [0.1, 0.15) is 24.5 Å². The molecule has 5 nitrogen and oxygen atoms in total. The first-order valence-corrected chi connectivity index (χ1v) is 7.34. The molecule has 7 heteroatoms. The zero-order valence-electron chi connectivity index (χ0n) is 12.1. The second-order valence-corrected chi connectivity index (χ2v) is 5.23. The molecule has 0 bridgehead atoms. The molecule has 0 aliphatic rings. The molecule has 0 aliphatic carbocycles. The summed E-state index contributed by atoms with van der Waals surface area (Å²) in [6.07, 6.45) is 1.43. The average Bonchev–Trinajstić information content (AvgIpc) is 3.06. The van der Waals surface area contributed by atoms with E-state index in [-0.39, 0.29) is 12.4 Å². The molecule has 118 valence electrons. The van der Waals surface area contributed by atoms with Crippen molar-refractivity contribution >= 4 is 17.5 Å². The van der Waals surface area contributed by atoms with Crippen LogP contribution in [-0.4, -0.2) is 15.2 Å². The highest BCUT2D eigenvalue weighted by Crippen LogP contribution is 2.22. The summed E-state index contributed by atoms with van der Waals surface area (Å²) in [4.78, 5) is 3.98. The summed E-state index contributed by atoms with van der Waals surface area (Å²) < 4.78 is 19.4. The van der Waals surface area contributed by atoms with Gasteiger partial charge < -0.3 is 10.1 Å². The topological polar surface area (TPSA) is 62.8 Å². The Labute approximate surface area is 137 Å². The van der Waals surface area contributed by atoms with E-state index >= 15 is 0 Å². The maximum absolute atomic E-state index is 13.7. The fourth-order valence-electron chi connectivity index (χ4n) is 2.05. The van der Waals surface area contributed by atoms with Crippen molar-refractivity contribution in [2.75, 3.05) is 5.32 Å². The molecule has 0 saturated heterocycles. The van der Waals surface area contributed by atoms with Crippen molar-refractivity contribution in [3.05, 3.63) is 70.8 Å². The Morgan fingerprint density at radius 1 is 1.22 bits per heavy atom. The Bertz CT molecular complexity index is 759. The van der Waals surface area contributed by atoms with E-state index in [1.807, 2.05) is 24.3 Å². The molecule has 0 atom stereocenters. The van der Waals surface area contributed by atoms with Crippen LogP contribution in [0, 0.1) is 5.82 Å². The minimum atomic E-state index is -0.374. The van der Waals surface area contributed by atoms with Gasteiger partial charge in [0.2, 0.25) is 5.95 Å². The van der Waals surface area contributed by atoms with Crippen molar-refractivity contribution in [2.45, 2.75) is 13.2 Å². The lowest BCUT2D eigenvalue weighted by molar-refractivity contribution is 0.299. The van der Waals surface area contributed by atoms with E-state index in [4.69, 9.17) is 16.3 Å². The number of hydrogen-bond donors (Lipinski definition) is 2. The molecule has 0 saturated carbocycles. The molecule has 23 heavy (non-hydrogen) atoms. The number of nitrogens with one attached hydrogen (secondary N) is 2. The molecule has 0 aliphatic heterocycles. The first-order chi connectivity index (χ1) is 11.2. The Morgan fingerprint density at radius 2 is 2.09 bits per heavy atom. The van der Waals surface area contributed by atoms with Gasteiger partial charge in [-0.15, -0.1) is 0 Å². The smallest absolute Gasteiger partial charge is 0.218 e. The van der Waals surface area contributed by atoms with Gasteiger partial charge in [-0.25, -0.2) is 14.5 Å². The maximum Gasteiger partial charge on any atom is 0.218 e. The van der Waals surface area contributed by atoms with Crippen LogP contribution < -0.4 is 10.1 Å². The fraction of sp³-hybridized carbons (Fsp3) is 0.125. The van der Waals surface area contributed by atoms with E-state index in [2.05, 4.69) is 20.5 Å². The van der Waals surface area contributed by atoms with Gasteiger partial charge in [0.25, 0.3) is 0 Å². The lowest BCUT2D eigenvalue weighted by Gasteiger charge is -2.10. The average molecular weight is 333 g/mol. The number of H-pyrrole nitrogens is 1. The number of benzene rings is 2. The molecule has 1 heterocycles. The second-order valence-electron chi connectivity index (χ2n) is 4.82. The van der Waals surface area contributed by atoms with Crippen LogP contribution in [0.1, 0.15) is 11.1 Å². The number of ether oxygens (including phenoxy) is 1. The third kappa shape index (κ3) is 3.98. The Kier molecular flexibility index (Phi) is 4.73. The van der Waals surface area contributed by atoms with Crippen LogP contribution in [0.4, 0.5) is 10.3 Å². The summed E-state index contributed by atoms with van der Waals surface area (Å²) >= 11 is 5.99. The number of halogens is 2. The lowest BCUT2D eigenvalue weighted by atomic mass is 10.2. The number of aromatic amines is 1. The number of nitrogens with zero attached hydrogens (tertiary/aromatic N) is 2. The van der Waals surface area contributed by atoms with Gasteiger partial charge in [-0.3, -0.25) is 0 Å². The summed E-state index contributed by atoms with van der Waals surface area (Å²) in [5.74, 6) is 0.858. The van der Waals surface area contributed by atoms with Gasteiger partial charge in [-0.05, 0) is 29.8 Å². The van der Waals surface area contributed by atoms with E-state index in [0.29, 0.717) is 28.8 Å². The molecule has 0 fully saturated rings. The monoisotopic (exact) mass is 332 g/mol. The van der Waals surface area contributed by atoms with Crippen LogP contribution >= 0.6 is 11.6 Å². The van der Waals surface area contributed by atoms with Crippen molar-refractivity contribution in [3.8, 4) is 5.75 Å². The van der Waals surface area contributed by atoms with E-state index in [1.165, 1.54) is 12.4 Å². The van der Waals surface area contributed by atoms with Crippen molar-refractivity contribution < 1.29 is 9.13 Å². The third-order valence-electron chi connectivity index (χ3n) is 3.22. The van der Waals surface area contributed by atoms with E-state index in [1.54, 1.807) is 12.1 Å². The van der Waals surface area contributed by atoms with Gasteiger partial charge >= 0.3 is 0 Å². The van der Waals surface area contributed by atoms with E-state index in [0.717, 1.165) is 5.56 Å². The molecular formula is C16H14ClFN4O. The highest BCUT2D eigenvalue weighted by molar-refractivity contribution is 6.31. The highest BCUT2D eigenvalue weighted by atomic mass is 35.5. The number of rotatable bonds is 6. The standard InChI is InChI=1S/C16H14ClFN4O/c17-14-5-2-6-15(18)13(14)9-23-12-4-1-3-11(7-12)8-19-16-20-10-21-22-16/h1-7,10H,8-9H2,(H2,19,20,21,22). The number of anilines is 1. The molecule has 3 aromatic rings. The molecule has 2 aromatic carbocycles. The Balaban J connectivity index is 1.63. The van der Waals surface area contributed by atoms with Gasteiger partial charge in [-0.2, -0.15) is 5.10 Å². The van der Waals surface area contributed by atoms with Crippen molar-refractivity contribution in [2.24, 2.45) is 0 Å². The summed E-state index contributed by atoms with van der Waals surface area (Å²) in [7, 11) is 0. The molecule has 2 N–H and O–H groups in total. The molecular weight excluding hydrogens is 319 g/mol. The minimum Gasteiger partial charge on any atom is -0.489 e. The van der Waals surface area contributed by atoms with Crippen LogP contribution in [0.15, 0.2) is 48.8 Å². The lowest BCUT2D eigenvalue weighted by Crippen LogP contribution is -2.02. The summed E-state index contributed by atoms with van der Waals surface area (Å²) in [6.45, 7) is 0.636.